The van der Waals surface area contributed by atoms with Crippen LogP contribution < -0.4 is 0 Å². The first-order valence-corrected chi connectivity index (χ1v) is 3.47. The van der Waals surface area contributed by atoms with E-state index in [9.17, 15) is 4.79 Å². The van der Waals surface area contributed by atoms with Crippen LogP contribution in [0.5, 0.6) is 0 Å². The van der Waals surface area contributed by atoms with Gasteiger partial charge in [0.25, 0.3) is 0 Å². The van der Waals surface area contributed by atoms with Crippen LogP contribution >= 0.6 is 0 Å². The van der Waals surface area contributed by atoms with E-state index in [1.807, 2.05) is 0 Å². The summed E-state index contributed by atoms with van der Waals surface area (Å²) in [7, 11) is 0. The Morgan fingerprint density at radius 3 is 2.22 bits per heavy atom. The van der Waals surface area contributed by atoms with Crippen LogP contribution in [0.3, 0.4) is 0 Å². The predicted molar refractivity (Wildman–Crippen MR) is 26.9 cm³/mol. The second-order valence-electron chi connectivity index (χ2n) is 1.02. The summed E-state index contributed by atoms with van der Waals surface area (Å²) in [6.45, 7) is 3.72. The van der Waals surface area contributed by atoms with E-state index in [1.54, 1.807) is 0 Å². The average molecular weight is 182 g/mol. The Morgan fingerprint density at radius 1 is 1.67 bits per heavy atom. The van der Waals surface area contributed by atoms with Crippen LogP contribution in [0.15, 0.2) is 0 Å². The van der Waals surface area contributed by atoms with E-state index in [0.717, 1.165) is 0 Å². The zero-order valence-electron chi connectivity index (χ0n) is 5.04. The Kier molecular flexibility index (Phi) is 13.6. The van der Waals surface area contributed by atoms with Gasteiger partial charge in [0, 0.05) is 0 Å². The first-order chi connectivity index (χ1) is 4.27. The van der Waals surface area contributed by atoms with E-state index >= 15 is 0 Å². The van der Waals surface area contributed by atoms with Crippen molar-refractivity contribution in [2.24, 2.45) is 0 Å². The molecule has 5 heteroatoms. The van der Waals surface area contributed by atoms with Gasteiger partial charge in [0.1, 0.15) is 0 Å². The molecule has 1 amide bonds. The zero-order chi connectivity index (χ0) is 7.70. The Balaban J connectivity index is 0. The normalized spacial score (nSPS) is 7.00. The van der Waals surface area contributed by atoms with Crippen molar-refractivity contribution in [1.29, 1.82) is 0 Å². The van der Waals surface area contributed by atoms with Gasteiger partial charge in [-0.15, -0.1) is 0 Å². The van der Waals surface area contributed by atoms with Crippen molar-refractivity contribution < 1.29 is 31.7 Å². The maximum atomic E-state index is 9.56. The van der Waals surface area contributed by atoms with Gasteiger partial charge in [0.15, 0.2) is 0 Å². The molecule has 0 spiro atoms. The minimum atomic E-state index is -1.11. The Bertz CT molecular complexity index is 78.2. The monoisotopic (exact) mass is 181 g/mol. The van der Waals surface area contributed by atoms with Gasteiger partial charge in [0.2, 0.25) is 6.09 Å². The molecular formula is C4H7NO3Zn-2. The van der Waals surface area contributed by atoms with Crippen LogP contribution in [0.1, 0.15) is 6.42 Å². The Morgan fingerprint density at radius 2 is 2.11 bits per heavy atom. The van der Waals surface area contributed by atoms with E-state index in [1.165, 1.54) is 0 Å². The first kappa shape index (κ1) is 11.5. The molecule has 0 saturated heterocycles. The van der Waals surface area contributed by atoms with Gasteiger partial charge in [0.05, 0.1) is 0 Å². The Hall–Kier alpha value is -0.307. The number of amides is 1. The number of hydrogen-bond donors (Lipinski definition) is 1. The van der Waals surface area contributed by atoms with Gasteiger partial charge in [-0.1, -0.05) is 0 Å². The van der Waals surface area contributed by atoms with E-state index < -0.39 is 6.09 Å². The summed E-state index contributed by atoms with van der Waals surface area (Å²) in [5.41, 5.74) is 0. The van der Waals surface area contributed by atoms with Crippen molar-refractivity contribution in [3.63, 3.8) is 0 Å². The topological polar surface area (TPSA) is 68.5 Å². The molecular weight excluding hydrogens is 175 g/mol. The van der Waals surface area contributed by atoms with E-state index in [-0.39, 0.29) is 18.3 Å². The van der Waals surface area contributed by atoms with Crippen LogP contribution in [0.2, 0.25) is 0 Å². The van der Waals surface area contributed by atoms with Gasteiger partial charge >= 0.3 is 21.8 Å². The Labute approximate surface area is 63.6 Å². The molecule has 0 atom stereocenters. The van der Waals surface area contributed by atoms with Crippen LogP contribution in [0.4, 0.5) is 4.79 Å². The first-order valence-electron chi connectivity index (χ1n) is 2.26. The maximum absolute atomic E-state index is 9.56. The third kappa shape index (κ3) is 18.3. The van der Waals surface area contributed by atoms with Crippen molar-refractivity contribution in [2.45, 2.75) is 6.42 Å². The third-order valence-corrected chi connectivity index (χ3v) is 0.405. The van der Waals surface area contributed by atoms with Crippen molar-refractivity contribution in [2.75, 3.05) is 6.54 Å². The molecule has 0 fully saturated rings. The molecule has 0 rings (SSSR count). The molecule has 0 radical (unpaired) electrons. The van der Waals surface area contributed by atoms with Crippen molar-refractivity contribution in [1.82, 2.24) is 0 Å². The van der Waals surface area contributed by atoms with Gasteiger partial charge in [-0.05, 0) is 0 Å². The second kappa shape index (κ2) is 10.6. The van der Waals surface area contributed by atoms with Gasteiger partial charge in [-0.25, -0.2) is 0 Å². The number of nitrogens with zero attached hydrogens (tertiary/aromatic N) is 1. The van der Waals surface area contributed by atoms with E-state index in [0.29, 0.717) is 13.0 Å². The summed E-state index contributed by atoms with van der Waals surface area (Å²) in [6.07, 6.45) is -0.560. The fourth-order valence-electron chi connectivity index (χ4n) is 0.175. The molecule has 4 nitrogen and oxygen atoms in total. The molecule has 0 aliphatic heterocycles. The molecule has 0 aromatic heterocycles. The zero-order valence-corrected chi connectivity index (χ0v) is 8.01. The van der Waals surface area contributed by atoms with Gasteiger partial charge in [-0.3, -0.25) is 4.79 Å². The molecule has 9 heavy (non-hydrogen) atoms. The van der Waals surface area contributed by atoms with Crippen molar-refractivity contribution in [3.8, 4) is 0 Å². The third-order valence-electron chi connectivity index (χ3n) is 0.405. The molecule has 0 bridgehead atoms. The summed E-state index contributed by atoms with van der Waals surface area (Å²) in [5.74, 6) is 0. The quantitative estimate of drug-likeness (QED) is 0.514. The summed E-state index contributed by atoms with van der Waals surface area (Å²) >= 11 is 0.125. The molecule has 0 aromatic rings. The molecule has 0 heterocycles. The molecule has 0 unspecified atom stereocenters. The fraction of sp³-hybridized carbons (Fsp3) is 0.500. The average Bonchev–Trinajstić information content (AvgIpc) is 1.88. The fourth-order valence-corrected chi connectivity index (χ4v) is 0.175. The predicted octanol–water partition coefficient (Wildman–Crippen LogP) is 1.14. The minimum absolute atomic E-state index is 0.125. The van der Waals surface area contributed by atoms with Crippen LogP contribution in [0.25, 0.3) is 5.32 Å². The summed E-state index contributed by atoms with van der Waals surface area (Å²) in [6, 6.07) is 0. The van der Waals surface area contributed by atoms with Crippen molar-refractivity contribution in [3.05, 3.63) is 12.2 Å². The molecule has 0 aliphatic carbocycles. The summed E-state index contributed by atoms with van der Waals surface area (Å²) in [4.78, 5) is 9.56. The van der Waals surface area contributed by atoms with Crippen LogP contribution in [-0.2, 0) is 21.8 Å². The number of carboxylic acid groups (broad SMARTS) is 1. The van der Waals surface area contributed by atoms with E-state index in [4.69, 9.17) is 8.68 Å². The molecule has 0 aliphatic rings. The van der Waals surface area contributed by atoms with Gasteiger partial charge in [-0.2, -0.15) is 13.0 Å². The van der Waals surface area contributed by atoms with Crippen LogP contribution in [0, 0.1) is 6.92 Å². The summed E-state index contributed by atoms with van der Waals surface area (Å²) < 4.78 is 8.38. The van der Waals surface area contributed by atoms with E-state index in [2.05, 4.69) is 12.2 Å². The molecule has 0 aromatic carbocycles. The van der Waals surface area contributed by atoms with Crippen LogP contribution in [-0.4, -0.2) is 17.7 Å². The number of hydrogen-bond acceptors (Lipinski definition) is 2. The number of rotatable bonds is 2. The second-order valence-corrected chi connectivity index (χ2v) is 1.02. The number of carbonyl (C=O) groups is 1. The molecule has 0 saturated carbocycles. The van der Waals surface area contributed by atoms with Crippen molar-refractivity contribution >= 4 is 6.09 Å². The molecule has 50 valence electrons. The molecule has 1 N–H and O–H groups in total. The van der Waals surface area contributed by atoms with Gasteiger partial charge < -0.3 is 17.3 Å². The standard InChI is InChI=1S/C4H7NO2.O.Zn/c1-2-3-5-4(6)7;;/h1-3H2,(H,6,7);;/q-2;;. The summed E-state index contributed by atoms with van der Waals surface area (Å²) in [5, 5.41) is 10.9. The SMILES string of the molecule is [CH2-]CC[N-]C(=O)O.[O]=[Zn].